The number of amides is 2. The van der Waals surface area contributed by atoms with Crippen LogP contribution in [-0.4, -0.2) is 12.1 Å². The lowest BCUT2D eigenvalue weighted by molar-refractivity contribution is 0.248. The van der Waals surface area contributed by atoms with Crippen molar-refractivity contribution in [3.8, 4) is 0 Å². The van der Waals surface area contributed by atoms with Gasteiger partial charge in [0.2, 0.25) is 0 Å². The first-order valence-electron chi connectivity index (χ1n) is 6.73. The highest BCUT2D eigenvalue weighted by atomic mass is 16.2. The maximum atomic E-state index is 11.8. The molecule has 0 saturated heterocycles. The van der Waals surface area contributed by atoms with Crippen molar-refractivity contribution in [2.24, 2.45) is 5.92 Å². The van der Waals surface area contributed by atoms with Gasteiger partial charge < -0.3 is 10.6 Å². The molecule has 1 unspecified atom stereocenters. The van der Waals surface area contributed by atoms with E-state index < -0.39 is 0 Å². The van der Waals surface area contributed by atoms with Gasteiger partial charge in [-0.15, -0.1) is 0 Å². The van der Waals surface area contributed by atoms with Gasteiger partial charge in [0.1, 0.15) is 0 Å². The van der Waals surface area contributed by atoms with Gasteiger partial charge in [0.05, 0.1) is 0 Å². The van der Waals surface area contributed by atoms with E-state index in [-0.39, 0.29) is 12.1 Å². The lowest BCUT2D eigenvalue weighted by atomic mass is 10.0. The summed E-state index contributed by atoms with van der Waals surface area (Å²) in [6, 6.07) is 8.20. The second-order valence-electron chi connectivity index (χ2n) is 5.50. The Labute approximate surface area is 109 Å². The zero-order valence-corrected chi connectivity index (χ0v) is 11.4. The summed E-state index contributed by atoms with van der Waals surface area (Å²) in [6.07, 6.45) is 2.48. The number of hydrogen-bond donors (Lipinski definition) is 2. The summed E-state index contributed by atoms with van der Waals surface area (Å²) in [7, 11) is 0. The van der Waals surface area contributed by atoms with Crippen LogP contribution in [0.2, 0.25) is 0 Å². The van der Waals surface area contributed by atoms with E-state index >= 15 is 0 Å². The third-order valence-corrected chi connectivity index (χ3v) is 3.52. The lowest BCUT2D eigenvalue weighted by Crippen LogP contribution is -2.37. The van der Waals surface area contributed by atoms with Crippen LogP contribution in [0.4, 0.5) is 10.5 Å². The zero-order valence-electron chi connectivity index (χ0n) is 11.4. The molecule has 3 nitrogen and oxygen atoms in total. The molecule has 3 heteroatoms. The molecule has 18 heavy (non-hydrogen) atoms. The molecular formula is C15H22N2O. The fourth-order valence-electron chi connectivity index (χ4n) is 2.04. The standard InChI is InChI=1S/C15H22N2O/c1-10(2)12-6-8-14(9-7-12)17-15(18)16-11(3)13-4-5-13/h6-11,13H,4-5H2,1-3H3,(H2,16,17,18). The normalized spacial score (nSPS) is 16.4. The predicted octanol–water partition coefficient (Wildman–Crippen LogP) is 3.73. The Hall–Kier alpha value is -1.51. The van der Waals surface area contributed by atoms with Gasteiger partial charge in [-0.2, -0.15) is 0 Å². The fraction of sp³-hybridized carbons (Fsp3) is 0.533. The van der Waals surface area contributed by atoms with Crippen molar-refractivity contribution in [1.29, 1.82) is 0 Å². The number of carbonyl (C=O) groups excluding carboxylic acids is 1. The smallest absolute Gasteiger partial charge is 0.319 e. The highest BCUT2D eigenvalue weighted by Crippen LogP contribution is 2.32. The molecule has 0 radical (unpaired) electrons. The van der Waals surface area contributed by atoms with E-state index in [2.05, 4.69) is 43.5 Å². The van der Waals surface area contributed by atoms with Crippen LogP contribution in [0.1, 0.15) is 45.1 Å². The molecule has 1 aliphatic carbocycles. The average molecular weight is 246 g/mol. The van der Waals surface area contributed by atoms with Gasteiger partial charge in [0, 0.05) is 11.7 Å². The maximum absolute atomic E-state index is 11.8. The first-order valence-corrected chi connectivity index (χ1v) is 6.73. The van der Waals surface area contributed by atoms with E-state index in [0.29, 0.717) is 11.8 Å². The van der Waals surface area contributed by atoms with Crippen molar-refractivity contribution in [3.63, 3.8) is 0 Å². The highest BCUT2D eigenvalue weighted by molar-refractivity contribution is 5.89. The van der Waals surface area contributed by atoms with Gasteiger partial charge in [-0.25, -0.2) is 4.79 Å². The molecule has 2 amide bonds. The van der Waals surface area contributed by atoms with E-state index in [9.17, 15) is 4.79 Å². The van der Waals surface area contributed by atoms with Gasteiger partial charge in [-0.05, 0) is 49.3 Å². The number of rotatable bonds is 4. The molecule has 1 atom stereocenters. The molecule has 0 aromatic heterocycles. The summed E-state index contributed by atoms with van der Waals surface area (Å²) >= 11 is 0. The number of hydrogen-bond acceptors (Lipinski definition) is 1. The SMILES string of the molecule is CC(C)c1ccc(NC(=O)NC(C)C2CC2)cc1. The van der Waals surface area contributed by atoms with Gasteiger partial charge in [0.15, 0.2) is 0 Å². The Morgan fingerprint density at radius 2 is 1.78 bits per heavy atom. The lowest BCUT2D eigenvalue weighted by Gasteiger charge is -2.14. The first-order chi connectivity index (χ1) is 8.56. The molecule has 2 N–H and O–H groups in total. The third-order valence-electron chi connectivity index (χ3n) is 3.52. The number of benzene rings is 1. The minimum absolute atomic E-state index is 0.105. The monoisotopic (exact) mass is 246 g/mol. The minimum atomic E-state index is -0.105. The van der Waals surface area contributed by atoms with Crippen molar-refractivity contribution in [3.05, 3.63) is 29.8 Å². The Bertz CT molecular complexity index is 407. The molecule has 1 aromatic carbocycles. The number of anilines is 1. The van der Waals surface area contributed by atoms with Gasteiger partial charge >= 0.3 is 6.03 Å². The van der Waals surface area contributed by atoms with Crippen LogP contribution in [0.25, 0.3) is 0 Å². The quantitative estimate of drug-likeness (QED) is 0.835. The Kier molecular flexibility index (Phi) is 3.90. The Morgan fingerprint density at radius 1 is 1.17 bits per heavy atom. The Morgan fingerprint density at radius 3 is 2.28 bits per heavy atom. The van der Waals surface area contributed by atoms with Crippen LogP contribution < -0.4 is 10.6 Å². The molecule has 2 rings (SSSR count). The summed E-state index contributed by atoms with van der Waals surface area (Å²) in [5.74, 6) is 1.20. The molecule has 1 saturated carbocycles. The van der Waals surface area contributed by atoms with Crippen LogP contribution in [0.5, 0.6) is 0 Å². The molecule has 0 aliphatic heterocycles. The molecule has 0 heterocycles. The van der Waals surface area contributed by atoms with Crippen LogP contribution in [-0.2, 0) is 0 Å². The van der Waals surface area contributed by atoms with E-state index in [1.165, 1.54) is 18.4 Å². The summed E-state index contributed by atoms with van der Waals surface area (Å²) in [5.41, 5.74) is 2.13. The third kappa shape index (κ3) is 3.49. The molecular weight excluding hydrogens is 224 g/mol. The van der Waals surface area contributed by atoms with Crippen molar-refractivity contribution in [2.45, 2.75) is 45.6 Å². The fourth-order valence-corrected chi connectivity index (χ4v) is 2.04. The minimum Gasteiger partial charge on any atom is -0.335 e. The first kappa shape index (κ1) is 12.9. The summed E-state index contributed by atoms with van der Waals surface area (Å²) < 4.78 is 0. The molecule has 1 fully saturated rings. The van der Waals surface area contributed by atoms with Crippen molar-refractivity contribution >= 4 is 11.7 Å². The molecule has 1 aromatic rings. The molecule has 0 spiro atoms. The van der Waals surface area contributed by atoms with Gasteiger partial charge in [0.25, 0.3) is 0 Å². The average Bonchev–Trinajstić information content (AvgIpc) is 3.13. The summed E-state index contributed by atoms with van der Waals surface area (Å²) in [4.78, 5) is 11.8. The van der Waals surface area contributed by atoms with Crippen LogP contribution in [0.3, 0.4) is 0 Å². The van der Waals surface area contributed by atoms with Crippen molar-refractivity contribution in [1.82, 2.24) is 5.32 Å². The second-order valence-corrected chi connectivity index (χ2v) is 5.50. The Balaban J connectivity index is 1.86. The van der Waals surface area contributed by atoms with Crippen molar-refractivity contribution in [2.75, 3.05) is 5.32 Å². The van der Waals surface area contributed by atoms with Crippen LogP contribution >= 0.6 is 0 Å². The van der Waals surface area contributed by atoms with E-state index in [4.69, 9.17) is 0 Å². The highest BCUT2D eigenvalue weighted by Gasteiger charge is 2.28. The molecule has 1 aliphatic rings. The number of carbonyl (C=O) groups is 1. The maximum Gasteiger partial charge on any atom is 0.319 e. The van der Waals surface area contributed by atoms with E-state index in [1.54, 1.807) is 0 Å². The van der Waals surface area contributed by atoms with Gasteiger partial charge in [-0.1, -0.05) is 26.0 Å². The molecule has 0 bridgehead atoms. The van der Waals surface area contributed by atoms with Crippen LogP contribution in [0, 0.1) is 5.92 Å². The summed E-state index contributed by atoms with van der Waals surface area (Å²) in [6.45, 7) is 6.39. The van der Waals surface area contributed by atoms with Crippen LogP contribution in [0.15, 0.2) is 24.3 Å². The van der Waals surface area contributed by atoms with Gasteiger partial charge in [-0.3, -0.25) is 0 Å². The zero-order chi connectivity index (χ0) is 13.1. The van der Waals surface area contributed by atoms with E-state index in [1.807, 2.05) is 12.1 Å². The molecule has 98 valence electrons. The number of urea groups is 1. The largest absolute Gasteiger partial charge is 0.335 e. The summed E-state index contributed by atoms with van der Waals surface area (Å²) in [5, 5.41) is 5.85. The predicted molar refractivity (Wildman–Crippen MR) is 74.9 cm³/mol. The van der Waals surface area contributed by atoms with Crippen molar-refractivity contribution < 1.29 is 4.79 Å². The van der Waals surface area contributed by atoms with E-state index in [0.717, 1.165) is 5.69 Å². The second kappa shape index (κ2) is 5.42. The number of nitrogens with one attached hydrogen (secondary N) is 2. The topological polar surface area (TPSA) is 41.1 Å².